The SMILES string of the molecule is O=C(O)c1cccc(CONC(=O)[C@@H]2c3cc(F)ccc3C(=O)N([C@H]3CCCC[C@@H]3NS(=O)O)[C@H]2c2ccc(Cl)cc2Cl)c1. The van der Waals surface area contributed by atoms with Gasteiger partial charge in [-0.3, -0.25) is 19.0 Å². The lowest BCUT2D eigenvalue weighted by atomic mass is 9.76. The minimum absolute atomic E-state index is 0.0418. The van der Waals surface area contributed by atoms with E-state index in [1.165, 1.54) is 29.2 Å². The monoisotopic (exact) mass is 663 g/mol. The van der Waals surface area contributed by atoms with Gasteiger partial charge in [-0.05, 0) is 72.0 Å². The number of fused-ring (bicyclic) bond motifs is 1. The maximum absolute atomic E-state index is 14.7. The van der Waals surface area contributed by atoms with E-state index >= 15 is 0 Å². The van der Waals surface area contributed by atoms with E-state index in [0.29, 0.717) is 29.0 Å². The summed E-state index contributed by atoms with van der Waals surface area (Å²) in [5, 5.41) is 9.76. The molecule has 5 rings (SSSR count). The van der Waals surface area contributed by atoms with E-state index in [-0.39, 0.29) is 28.3 Å². The van der Waals surface area contributed by atoms with Crippen molar-refractivity contribution in [2.75, 3.05) is 0 Å². The molecule has 10 nitrogen and oxygen atoms in total. The number of benzene rings is 3. The van der Waals surface area contributed by atoms with Crippen LogP contribution >= 0.6 is 23.2 Å². The van der Waals surface area contributed by atoms with E-state index in [1.807, 2.05) is 0 Å². The number of nitrogens with zero attached hydrogens (tertiary/aromatic N) is 1. The molecule has 44 heavy (non-hydrogen) atoms. The topological polar surface area (TPSA) is 145 Å². The van der Waals surface area contributed by atoms with Crippen LogP contribution in [0.25, 0.3) is 0 Å². The highest BCUT2D eigenvalue weighted by atomic mass is 35.5. The molecule has 0 radical (unpaired) electrons. The quantitative estimate of drug-likeness (QED) is 0.177. The first-order chi connectivity index (χ1) is 21.0. The fourth-order valence-electron chi connectivity index (χ4n) is 6.05. The van der Waals surface area contributed by atoms with Crippen LogP contribution < -0.4 is 10.2 Å². The number of aromatic carboxylic acids is 1. The predicted octanol–water partition coefficient (Wildman–Crippen LogP) is 5.40. The van der Waals surface area contributed by atoms with Crippen molar-refractivity contribution in [3.05, 3.63) is 104 Å². The lowest BCUT2D eigenvalue weighted by Gasteiger charge is -2.49. The molecular weight excluding hydrogens is 636 g/mol. The van der Waals surface area contributed by atoms with Gasteiger partial charge in [0.1, 0.15) is 5.82 Å². The lowest BCUT2D eigenvalue weighted by Crippen LogP contribution is -2.58. The summed E-state index contributed by atoms with van der Waals surface area (Å²) < 4.78 is 38.8. The Morgan fingerprint density at radius 3 is 2.55 bits per heavy atom. The molecule has 1 aliphatic carbocycles. The van der Waals surface area contributed by atoms with Crippen LogP contribution in [0, 0.1) is 5.82 Å². The summed E-state index contributed by atoms with van der Waals surface area (Å²) in [4.78, 5) is 46.6. The number of carboxylic acid groups (broad SMARTS) is 1. The van der Waals surface area contributed by atoms with Gasteiger partial charge in [0.15, 0.2) is 0 Å². The fraction of sp³-hybridized carbons (Fsp3) is 0.300. The van der Waals surface area contributed by atoms with Crippen molar-refractivity contribution in [3.8, 4) is 0 Å². The first-order valence-corrected chi connectivity index (χ1v) is 15.6. The standard InChI is InChI=1S/C30H28Cl2FN3O7S/c31-18-8-10-21(23(32)13-18)27-26(28(37)34-43-15-16-4-3-5-17(12-16)30(39)40)22-14-19(33)9-11-20(22)29(38)36(27)25-7-2-1-6-24(25)35-44(41)42/h3-5,8-14,24-27,35H,1-2,6-7,15H2,(H,34,37)(H,39,40)(H,41,42)/t24-,25-,26+,27-/m0/s1. The van der Waals surface area contributed by atoms with Crippen LogP contribution in [-0.2, 0) is 27.5 Å². The normalized spacial score (nSPS) is 22.3. The molecular formula is C30H28Cl2FN3O7S. The van der Waals surface area contributed by atoms with Crippen LogP contribution in [0.2, 0.25) is 10.0 Å². The number of rotatable bonds is 9. The predicted molar refractivity (Wildman–Crippen MR) is 161 cm³/mol. The molecule has 0 aromatic heterocycles. The molecule has 3 aromatic carbocycles. The summed E-state index contributed by atoms with van der Waals surface area (Å²) in [6.45, 7) is -0.179. The van der Waals surface area contributed by atoms with Crippen molar-refractivity contribution in [1.82, 2.24) is 15.1 Å². The second-order valence-corrected chi connectivity index (χ2v) is 12.2. The number of carboxylic acids is 1. The van der Waals surface area contributed by atoms with Crippen LogP contribution in [0.4, 0.5) is 4.39 Å². The van der Waals surface area contributed by atoms with E-state index in [0.717, 1.165) is 25.0 Å². The van der Waals surface area contributed by atoms with Gasteiger partial charge in [0, 0.05) is 27.7 Å². The third kappa shape index (κ3) is 6.80. The maximum atomic E-state index is 14.7. The first kappa shape index (κ1) is 32.0. The number of halogens is 3. The van der Waals surface area contributed by atoms with Crippen molar-refractivity contribution in [3.63, 3.8) is 0 Å². The van der Waals surface area contributed by atoms with E-state index in [9.17, 15) is 32.6 Å². The highest BCUT2D eigenvalue weighted by Gasteiger charge is 2.49. The Morgan fingerprint density at radius 2 is 1.82 bits per heavy atom. The van der Waals surface area contributed by atoms with Crippen LogP contribution in [0.3, 0.4) is 0 Å². The summed E-state index contributed by atoms with van der Waals surface area (Å²) in [5.74, 6) is -4.22. The van der Waals surface area contributed by atoms with Gasteiger partial charge < -0.3 is 10.0 Å². The zero-order valence-electron chi connectivity index (χ0n) is 23.0. The van der Waals surface area contributed by atoms with Gasteiger partial charge in [-0.15, -0.1) is 0 Å². The highest BCUT2D eigenvalue weighted by molar-refractivity contribution is 7.77. The zero-order chi connectivity index (χ0) is 31.5. The average molecular weight is 665 g/mol. The molecule has 1 unspecified atom stereocenters. The summed E-state index contributed by atoms with van der Waals surface area (Å²) in [7, 11) is 0. The molecule has 5 atom stereocenters. The molecule has 2 amide bonds. The molecule has 0 bridgehead atoms. The molecule has 1 fully saturated rings. The maximum Gasteiger partial charge on any atom is 0.335 e. The molecule has 4 N–H and O–H groups in total. The van der Waals surface area contributed by atoms with Crippen LogP contribution in [0.15, 0.2) is 60.7 Å². The van der Waals surface area contributed by atoms with Gasteiger partial charge in [0.05, 0.1) is 24.1 Å². The van der Waals surface area contributed by atoms with Gasteiger partial charge in [0.2, 0.25) is 11.3 Å². The molecule has 2 aliphatic rings. The van der Waals surface area contributed by atoms with Crippen molar-refractivity contribution in [2.45, 2.75) is 56.3 Å². The van der Waals surface area contributed by atoms with Gasteiger partial charge in [-0.25, -0.2) is 23.6 Å². The van der Waals surface area contributed by atoms with Crippen molar-refractivity contribution < 1.29 is 37.5 Å². The average Bonchev–Trinajstić information content (AvgIpc) is 2.97. The molecule has 14 heteroatoms. The number of amides is 2. The van der Waals surface area contributed by atoms with Crippen LogP contribution in [-0.4, -0.2) is 48.6 Å². The molecule has 3 aromatic rings. The molecule has 0 spiro atoms. The third-order valence-electron chi connectivity index (χ3n) is 7.92. The van der Waals surface area contributed by atoms with Gasteiger partial charge in [-0.2, -0.15) is 0 Å². The Morgan fingerprint density at radius 1 is 1.05 bits per heavy atom. The number of hydrogen-bond acceptors (Lipinski definition) is 5. The molecule has 1 heterocycles. The fourth-order valence-corrected chi connectivity index (χ4v) is 7.11. The first-order valence-electron chi connectivity index (χ1n) is 13.7. The van der Waals surface area contributed by atoms with E-state index < -0.39 is 58.9 Å². The number of hydrogen-bond donors (Lipinski definition) is 4. The second kappa shape index (κ2) is 13.7. The highest BCUT2D eigenvalue weighted by Crippen LogP contribution is 2.48. The summed E-state index contributed by atoms with van der Waals surface area (Å²) in [6, 6.07) is 11.9. The number of nitrogens with one attached hydrogen (secondary N) is 2. The van der Waals surface area contributed by atoms with E-state index in [1.54, 1.807) is 24.3 Å². The minimum Gasteiger partial charge on any atom is -0.478 e. The van der Waals surface area contributed by atoms with E-state index in [4.69, 9.17) is 28.0 Å². The molecule has 1 saturated carbocycles. The largest absolute Gasteiger partial charge is 0.478 e. The van der Waals surface area contributed by atoms with Crippen molar-refractivity contribution in [1.29, 1.82) is 0 Å². The van der Waals surface area contributed by atoms with E-state index in [2.05, 4.69) is 10.2 Å². The van der Waals surface area contributed by atoms with Gasteiger partial charge in [-0.1, -0.05) is 54.2 Å². The molecule has 0 saturated heterocycles. The summed E-state index contributed by atoms with van der Waals surface area (Å²) >= 11 is 10.5. The van der Waals surface area contributed by atoms with Crippen molar-refractivity contribution >= 4 is 52.3 Å². The van der Waals surface area contributed by atoms with Crippen molar-refractivity contribution in [2.24, 2.45) is 0 Å². The number of carbonyl (C=O) groups excluding carboxylic acids is 2. The van der Waals surface area contributed by atoms with Crippen LogP contribution in [0.5, 0.6) is 0 Å². The summed E-state index contributed by atoms with van der Waals surface area (Å²) in [6.07, 6.45) is 2.43. The minimum atomic E-state index is -2.37. The Bertz CT molecular complexity index is 1630. The Balaban J connectivity index is 1.58. The van der Waals surface area contributed by atoms with Gasteiger partial charge in [0.25, 0.3) is 11.8 Å². The van der Waals surface area contributed by atoms with Gasteiger partial charge >= 0.3 is 5.97 Å². The zero-order valence-corrected chi connectivity index (χ0v) is 25.4. The molecule has 232 valence electrons. The number of hydroxylamine groups is 1. The number of carbonyl (C=O) groups is 3. The smallest absolute Gasteiger partial charge is 0.335 e. The second-order valence-electron chi connectivity index (χ2n) is 10.6. The third-order valence-corrected chi connectivity index (χ3v) is 8.98. The van der Waals surface area contributed by atoms with Crippen LogP contribution in [0.1, 0.15) is 75.0 Å². The Labute approximate surface area is 264 Å². The Hall–Kier alpha value is -3.39. The Kier molecular flexibility index (Phi) is 9.98. The summed E-state index contributed by atoms with van der Waals surface area (Å²) in [5.41, 5.74) is 3.49. The molecule has 1 aliphatic heterocycles. The lowest BCUT2D eigenvalue weighted by molar-refractivity contribution is -0.138.